The summed E-state index contributed by atoms with van der Waals surface area (Å²) in [5.74, 6) is 1.97. The average Bonchev–Trinajstić information content (AvgIpc) is 3.12. The standard InChI is InChI=1S/C17H17ClN4O2/c1-11-19-16(12-6-4-3-5-7-12)17(22(11)2)20-15(23)9-8-13-10-14(18)21-24-13/h3-7,10H,8-9H2,1-2H3,(H,20,23). The minimum atomic E-state index is -0.122. The van der Waals surface area contributed by atoms with E-state index >= 15 is 0 Å². The van der Waals surface area contributed by atoms with E-state index in [0.717, 1.165) is 17.1 Å². The van der Waals surface area contributed by atoms with Gasteiger partial charge in [-0.25, -0.2) is 4.98 Å². The molecule has 0 aliphatic rings. The van der Waals surface area contributed by atoms with Crippen LogP contribution < -0.4 is 5.32 Å². The quantitative estimate of drug-likeness (QED) is 0.767. The number of imidazole rings is 1. The number of hydrogen-bond acceptors (Lipinski definition) is 4. The zero-order valence-corrected chi connectivity index (χ0v) is 14.2. The lowest BCUT2D eigenvalue weighted by molar-refractivity contribution is -0.116. The second-order valence-electron chi connectivity index (χ2n) is 5.45. The van der Waals surface area contributed by atoms with E-state index in [-0.39, 0.29) is 12.3 Å². The zero-order valence-electron chi connectivity index (χ0n) is 13.4. The number of aromatic nitrogens is 3. The zero-order chi connectivity index (χ0) is 17.1. The number of carbonyl (C=O) groups excluding carboxylic acids is 1. The number of nitrogens with zero attached hydrogens (tertiary/aromatic N) is 3. The minimum Gasteiger partial charge on any atom is -0.360 e. The van der Waals surface area contributed by atoms with Crippen LogP contribution in [-0.2, 0) is 18.3 Å². The maximum Gasteiger partial charge on any atom is 0.225 e. The Morgan fingerprint density at radius 2 is 2.08 bits per heavy atom. The van der Waals surface area contributed by atoms with Gasteiger partial charge in [0.15, 0.2) is 5.15 Å². The third-order valence-electron chi connectivity index (χ3n) is 3.75. The highest BCUT2D eigenvalue weighted by atomic mass is 35.5. The van der Waals surface area contributed by atoms with Crippen LogP contribution in [0.3, 0.4) is 0 Å². The molecule has 1 amide bonds. The number of carbonyl (C=O) groups is 1. The third-order valence-corrected chi connectivity index (χ3v) is 3.93. The Morgan fingerprint density at radius 3 is 2.75 bits per heavy atom. The van der Waals surface area contributed by atoms with E-state index in [9.17, 15) is 4.79 Å². The summed E-state index contributed by atoms with van der Waals surface area (Å²) < 4.78 is 6.87. The lowest BCUT2D eigenvalue weighted by Crippen LogP contribution is -2.15. The monoisotopic (exact) mass is 344 g/mol. The molecule has 1 N–H and O–H groups in total. The first-order valence-corrected chi connectivity index (χ1v) is 7.92. The molecule has 0 unspecified atom stereocenters. The van der Waals surface area contributed by atoms with Gasteiger partial charge in [-0.05, 0) is 6.92 Å². The van der Waals surface area contributed by atoms with E-state index in [0.29, 0.717) is 23.2 Å². The lowest BCUT2D eigenvalue weighted by atomic mass is 10.1. The van der Waals surface area contributed by atoms with Gasteiger partial charge in [0.1, 0.15) is 23.1 Å². The summed E-state index contributed by atoms with van der Waals surface area (Å²) >= 11 is 5.70. The van der Waals surface area contributed by atoms with Crippen molar-refractivity contribution in [2.75, 3.05) is 5.32 Å². The first-order valence-electron chi connectivity index (χ1n) is 7.54. The van der Waals surface area contributed by atoms with Crippen LogP contribution in [0.25, 0.3) is 11.3 Å². The van der Waals surface area contributed by atoms with Gasteiger partial charge in [-0.1, -0.05) is 47.1 Å². The third kappa shape index (κ3) is 3.49. The van der Waals surface area contributed by atoms with Crippen molar-refractivity contribution in [3.05, 3.63) is 53.1 Å². The number of rotatable bonds is 5. The topological polar surface area (TPSA) is 73.0 Å². The smallest absolute Gasteiger partial charge is 0.225 e. The molecule has 2 heterocycles. The molecular weight excluding hydrogens is 328 g/mol. The molecule has 1 aromatic carbocycles. The molecule has 6 nitrogen and oxygen atoms in total. The Hall–Kier alpha value is -2.60. The van der Waals surface area contributed by atoms with Crippen molar-refractivity contribution in [2.24, 2.45) is 7.05 Å². The largest absolute Gasteiger partial charge is 0.360 e. The van der Waals surface area contributed by atoms with Crippen molar-refractivity contribution in [1.29, 1.82) is 0 Å². The van der Waals surface area contributed by atoms with Crippen LogP contribution in [0, 0.1) is 6.92 Å². The molecule has 0 aliphatic carbocycles. The predicted octanol–water partition coefficient (Wildman–Crippen LogP) is 3.61. The van der Waals surface area contributed by atoms with Crippen molar-refractivity contribution in [3.8, 4) is 11.3 Å². The highest BCUT2D eigenvalue weighted by Gasteiger charge is 2.16. The summed E-state index contributed by atoms with van der Waals surface area (Å²) in [6.07, 6.45) is 0.701. The Morgan fingerprint density at radius 1 is 1.33 bits per heavy atom. The van der Waals surface area contributed by atoms with Gasteiger partial charge in [0.25, 0.3) is 0 Å². The number of halogens is 1. The minimum absolute atomic E-state index is 0.122. The maximum atomic E-state index is 12.3. The van der Waals surface area contributed by atoms with Crippen molar-refractivity contribution in [1.82, 2.24) is 14.7 Å². The van der Waals surface area contributed by atoms with E-state index in [1.807, 2.05) is 48.9 Å². The van der Waals surface area contributed by atoms with Crippen LogP contribution in [0.15, 0.2) is 40.9 Å². The molecule has 124 valence electrons. The van der Waals surface area contributed by atoms with Gasteiger partial charge >= 0.3 is 0 Å². The summed E-state index contributed by atoms with van der Waals surface area (Å²) in [6.45, 7) is 1.90. The van der Waals surface area contributed by atoms with Gasteiger partial charge in [0, 0.05) is 31.5 Å². The normalized spacial score (nSPS) is 10.8. The summed E-state index contributed by atoms with van der Waals surface area (Å²) in [6, 6.07) is 11.4. The average molecular weight is 345 g/mol. The molecule has 0 atom stereocenters. The van der Waals surface area contributed by atoms with Crippen molar-refractivity contribution < 1.29 is 9.32 Å². The molecule has 3 rings (SSSR count). The van der Waals surface area contributed by atoms with Gasteiger partial charge in [-0.3, -0.25) is 4.79 Å². The van der Waals surface area contributed by atoms with Gasteiger partial charge in [0.05, 0.1) is 0 Å². The van der Waals surface area contributed by atoms with E-state index < -0.39 is 0 Å². The van der Waals surface area contributed by atoms with E-state index in [2.05, 4.69) is 15.5 Å². The second kappa shape index (κ2) is 6.88. The van der Waals surface area contributed by atoms with Gasteiger partial charge in [-0.15, -0.1) is 0 Å². The summed E-state index contributed by atoms with van der Waals surface area (Å²) in [4.78, 5) is 16.8. The van der Waals surface area contributed by atoms with E-state index in [1.165, 1.54) is 0 Å². The first-order chi connectivity index (χ1) is 11.5. The van der Waals surface area contributed by atoms with Crippen LogP contribution in [0.2, 0.25) is 5.15 Å². The molecule has 24 heavy (non-hydrogen) atoms. The molecule has 0 saturated heterocycles. The Bertz CT molecular complexity index is 855. The molecule has 0 radical (unpaired) electrons. The maximum absolute atomic E-state index is 12.3. The number of nitrogens with one attached hydrogen (secondary N) is 1. The second-order valence-corrected chi connectivity index (χ2v) is 5.83. The van der Waals surface area contributed by atoms with Crippen LogP contribution in [0.1, 0.15) is 18.0 Å². The molecule has 3 aromatic rings. The molecule has 0 saturated carbocycles. The lowest BCUT2D eigenvalue weighted by Gasteiger charge is -2.08. The Balaban J connectivity index is 1.75. The SMILES string of the molecule is Cc1nc(-c2ccccc2)c(NC(=O)CCc2cc(Cl)no2)n1C. The van der Waals surface area contributed by atoms with Crippen molar-refractivity contribution >= 4 is 23.3 Å². The summed E-state index contributed by atoms with van der Waals surface area (Å²) in [7, 11) is 1.88. The van der Waals surface area contributed by atoms with Crippen molar-refractivity contribution in [2.45, 2.75) is 19.8 Å². The Kier molecular flexibility index (Phi) is 4.66. The van der Waals surface area contributed by atoms with Gasteiger partial charge in [0.2, 0.25) is 5.91 Å². The molecular formula is C17H17ClN4O2. The van der Waals surface area contributed by atoms with Crippen LogP contribution in [0.4, 0.5) is 5.82 Å². The molecule has 0 bridgehead atoms. The fourth-order valence-corrected chi connectivity index (χ4v) is 2.54. The van der Waals surface area contributed by atoms with E-state index in [4.69, 9.17) is 16.1 Å². The fourth-order valence-electron chi connectivity index (χ4n) is 2.39. The van der Waals surface area contributed by atoms with Crippen LogP contribution in [-0.4, -0.2) is 20.6 Å². The number of amides is 1. The molecule has 7 heteroatoms. The number of aryl methyl sites for hydroxylation is 2. The highest BCUT2D eigenvalue weighted by Crippen LogP contribution is 2.27. The molecule has 0 fully saturated rings. The van der Waals surface area contributed by atoms with E-state index in [1.54, 1.807) is 6.07 Å². The molecule has 0 aliphatic heterocycles. The predicted molar refractivity (Wildman–Crippen MR) is 91.8 cm³/mol. The number of benzene rings is 1. The van der Waals surface area contributed by atoms with Gasteiger partial charge < -0.3 is 14.4 Å². The van der Waals surface area contributed by atoms with Crippen molar-refractivity contribution in [3.63, 3.8) is 0 Å². The Labute approximate surface area is 144 Å². The van der Waals surface area contributed by atoms with Crippen LogP contribution in [0.5, 0.6) is 0 Å². The number of hydrogen-bond donors (Lipinski definition) is 1. The van der Waals surface area contributed by atoms with Crippen LogP contribution >= 0.6 is 11.6 Å². The summed E-state index contributed by atoms with van der Waals surface area (Å²) in [5, 5.41) is 6.83. The van der Waals surface area contributed by atoms with Gasteiger partial charge in [-0.2, -0.15) is 0 Å². The molecule has 0 spiro atoms. The fraction of sp³-hybridized carbons (Fsp3) is 0.235. The summed E-state index contributed by atoms with van der Waals surface area (Å²) in [5.41, 5.74) is 1.71. The first kappa shape index (κ1) is 16.3. The highest BCUT2D eigenvalue weighted by molar-refractivity contribution is 6.29. The number of anilines is 1. The molecule has 2 aromatic heterocycles.